The molecule has 0 fully saturated rings. The number of carbonyl (C=O) groups is 1. The van der Waals surface area contributed by atoms with Gasteiger partial charge in [0.1, 0.15) is 0 Å². The molecule has 0 spiro atoms. The van der Waals surface area contributed by atoms with Crippen LogP contribution in [-0.2, 0) is 0 Å². The van der Waals surface area contributed by atoms with Gasteiger partial charge in [0.2, 0.25) is 0 Å². The van der Waals surface area contributed by atoms with Crippen molar-refractivity contribution < 1.29 is 4.79 Å². The van der Waals surface area contributed by atoms with Crippen molar-refractivity contribution in [3.8, 4) is 0 Å². The quantitative estimate of drug-likeness (QED) is 0.848. The minimum atomic E-state index is -0.0890. The number of pyridine rings is 1. The first-order valence-electron chi connectivity index (χ1n) is 7.11. The number of nitrogens with zero attached hydrogens (tertiary/aromatic N) is 3. The lowest BCUT2D eigenvalue weighted by Crippen LogP contribution is -2.32. The minimum Gasteiger partial charge on any atom is -0.267 e. The van der Waals surface area contributed by atoms with Crippen LogP contribution in [0.3, 0.4) is 0 Å². The molecule has 0 saturated heterocycles. The van der Waals surface area contributed by atoms with Crippen LogP contribution in [-0.4, -0.2) is 28.2 Å². The van der Waals surface area contributed by atoms with Crippen molar-refractivity contribution in [2.45, 2.75) is 19.8 Å². The number of aryl methyl sites for hydroxylation is 1. The van der Waals surface area contributed by atoms with Crippen molar-refractivity contribution in [2.24, 2.45) is 5.10 Å². The molecule has 1 aromatic carbocycles. The van der Waals surface area contributed by atoms with Gasteiger partial charge >= 0.3 is 0 Å². The highest BCUT2D eigenvalue weighted by molar-refractivity contribution is 6.03. The van der Waals surface area contributed by atoms with E-state index < -0.39 is 0 Å². The van der Waals surface area contributed by atoms with Gasteiger partial charge in [0.05, 0.1) is 11.3 Å². The Bertz CT molecular complexity index is 679. The Hall–Kier alpha value is -2.49. The highest BCUT2D eigenvalue weighted by atomic mass is 16.2. The SMILES string of the molecule is Cc1ccccc1C1=NN(C(=O)c2cccnc2)CCC1. The Morgan fingerprint density at radius 3 is 2.81 bits per heavy atom. The molecule has 0 aliphatic carbocycles. The number of benzene rings is 1. The maximum absolute atomic E-state index is 12.4. The molecule has 1 amide bonds. The molecule has 4 heteroatoms. The molecule has 0 atom stereocenters. The van der Waals surface area contributed by atoms with Crippen molar-refractivity contribution in [3.63, 3.8) is 0 Å². The van der Waals surface area contributed by atoms with Crippen LogP contribution < -0.4 is 0 Å². The summed E-state index contributed by atoms with van der Waals surface area (Å²) in [5.74, 6) is -0.0890. The first-order valence-corrected chi connectivity index (χ1v) is 7.11. The highest BCUT2D eigenvalue weighted by Gasteiger charge is 2.21. The lowest BCUT2D eigenvalue weighted by atomic mass is 10.00. The van der Waals surface area contributed by atoms with E-state index in [0.29, 0.717) is 12.1 Å². The van der Waals surface area contributed by atoms with Crippen LogP contribution in [0.5, 0.6) is 0 Å². The van der Waals surface area contributed by atoms with Gasteiger partial charge in [0.15, 0.2) is 0 Å². The normalized spacial score (nSPS) is 14.7. The average Bonchev–Trinajstić information content (AvgIpc) is 2.55. The van der Waals surface area contributed by atoms with E-state index in [-0.39, 0.29) is 5.91 Å². The molecule has 21 heavy (non-hydrogen) atoms. The number of carbonyl (C=O) groups excluding carboxylic acids is 1. The van der Waals surface area contributed by atoms with Crippen LogP contribution in [0.25, 0.3) is 0 Å². The van der Waals surface area contributed by atoms with Crippen LogP contribution in [0.1, 0.15) is 34.3 Å². The van der Waals surface area contributed by atoms with E-state index in [1.807, 2.05) is 12.1 Å². The second-order valence-electron chi connectivity index (χ2n) is 5.14. The molecule has 0 radical (unpaired) electrons. The summed E-state index contributed by atoms with van der Waals surface area (Å²) in [7, 11) is 0. The summed E-state index contributed by atoms with van der Waals surface area (Å²) in [6.45, 7) is 2.73. The van der Waals surface area contributed by atoms with E-state index in [0.717, 1.165) is 24.1 Å². The molecule has 0 bridgehead atoms. The third-order valence-electron chi connectivity index (χ3n) is 3.62. The van der Waals surface area contributed by atoms with Crippen molar-refractivity contribution in [1.82, 2.24) is 9.99 Å². The standard InChI is InChI=1S/C17H17N3O/c1-13-6-2-3-8-15(13)16-9-5-11-20(19-16)17(21)14-7-4-10-18-12-14/h2-4,6-8,10,12H,5,9,11H2,1H3. The van der Waals surface area contributed by atoms with E-state index in [1.54, 1.807) is 29.5 Å². The largest absolute Gasteiger partial charge is 0.275 e. The summed E-state index contributed by atoms with van der Waals surface area (Å²) in [5, 5.41) is 6.12. The van der Waals surface area contributed by atoms with Crippen LogP contribution in [0.15, 0.2) is 53.9 Å². The van der Waals surface area contributed by atoms with Gasteiger partial charge in [-0.2, -0.15) is 5.10 Å². The van der Waals surface area contributed by atoms with Crippen LogP contribution >= 0.6 is 0 Å². The second kappa shape index (κ2) is 5.87. The Labute approximate surface area is 124 Å². The second-order valence-corrected chi connectivity index (χ2v) is 5.14. The van der Waals surface area contributed by atoms with Gasteiger partial charge in [-0.15, -0.1) is 0 Å². The lowest BCUT2D eigenvalue weighted by molar-refractivity contribution is 0.0751. The summed E-state index contributed by atoms with van der Waals surface area (Å²) in [5.41, 5.74) is 3.87. The highest BCUT2D eigenvalue weighted by Crippen LogP contribution is 2.18. The number of hydrogen-bond donors (Lipinski definition) is 0. The monoisotopic (exact) mass is 279 g/mol. The van der Waals surface area contributed by atoms with Crippen LogP contribution in [0.4, 0.5) is 0 Å². The lowest BCUT2D eigenvalue weighted by Gasteiger charge is -2.24. The third kappa shape index (κ3) is 2.84. The fourth-order valence-corrected chi connectivity index (χ4v) is 2.51. The summed E-state index contributed by atoms with van der Waals surface area (Å²) >= 11 is 0. The average molecular weight is 279 g/mol. The zero-order valence-electron chi connectivity index (χ0n) is 12.0. The third-order valence-corrected chi connectivity index (χ3v) is 3.62. The molecule has 4 nitrogen and oxygen atoms in total. The van der Waals surface area contributed by atoms with Crippen molar-refractivity contribution in [2.75, 3.05) is 6.54 Å². The van der Waals surface area contributed by atoms with Gasteiger partial charge < -0.3 is 0 Å². The Morgan fingerprint density at radius 2 is 2.05 bits per heavy atom. The van der Waals surface area contributed by atoms with Gasteiger partial charge in [-0.25, -0.2) is 5.01 Å². The van der Waals surface area contributed by atoms with Gasteiger partial charge in [-0.05, 0) is 37.5 Å². The van der Waals surface area contributed by atoms with Gasteiger partial charge in [0.25, 0.3) is 5.91 Å². The molecule has 2 heterocycles. The van der Waals surface area contributed by atoms with Crippen LogP contribution in [0.2, 0.25) is 0 Å². The molecule has 0 unspecified atom stereocenters. The minimum absolute atomic E-state index is 0.0890. The smallest absolute Gasteiger partial charge is 0.267 e. The molecule has 2 aromatic rings. The van der Waals surface area contributed by atoms with Gasteiger partial charge in [-0.3, -0.25) is 9.78 Å². The number of amides is 1. The Kier molecular flexibility index (Phi) is 3.77. The summed E-state index contributed by atoms with van der Waals surface area (Å²) in [6, 6.07) is 11.7. The zero-order valence-corrected chi connectivity index (χ0v) is 12.0. The van der Waals surface area contributed by atoms with E-state index in [2.05, 4.69) is 29.1 Å². The predicted molar refractivity (Wildman–Crippen MR) is 82.2 cm³/mol. The van der Waals surface area contributed by atoms with Gasteiger partial charge in [-0.1, -0.05) is 24.3 Å². The van der Waals surface area contributed by atoms with E-state index in [4.69, 9.17) is 0 Å². The molecule has 106 valence electrons. The Morgan fingerprint density at radius 1 is 1.19 bits per heavy atom. The predicted octanol–water partition coefficient (Wildman–Crippen LogP) is 3.03. The number of hydrogen-bond acceptors (Lipinski definition) is 3. The van der Waals surface area contributed by atoms with Crippen LogP contribution in [0, 0.1) is 6.92 Å². The molecule has 1 aliphatic rings. The van der Waals surface area contributed by atoms with E-state index in [9.17, 15) is 4.79 Å². The molecule has 1 aliphatic heterocycles. The number of hydrazone groups is 1. The molecule has 3 rings (SSSR count). The van der Waals surface area contributed by atoms with E-state index in [1.165, 1.54) is 5.56 Å². The molecule has 0 N–H and O–H groups in total. The van der Waals surface area contributed by atoms with E-state index >= 15 is 0 Å². The van der Waals surface area contributed by atoms with Crippen molar-refractivity contribution in [1.29, 1.82) is 0 Å². The summed E-state index contributed by atoms with van der Waals surface area (Å²) in [6.07, 6.45) is 5.08. The molecular formula is C17H17N3O. The topological polar surface area (TPSA) is 45.6 Å². The summed E-state index contributed by atoms with van der Waals surface area (Å²) < 4.78 is 0. The molecule has 0 saturated carbocycles. The maximum atomic E-state index is 12.4. The molecular weight excluding hydrogens is 262 g/mol. The van der Waals surface area contributed by atoms with Gasteiger partial charge in [0, 0.05) is 24.5 Å². The molecule has 1 aromatic heterocycles. The maximum Gasteiger partial charge on any atom is 0.275 e. The first kappa shape index (κ1) is 13.5. The van der Waals surface area contributed by atoms with Crippen molar-refractivity contribution in [3.05, 3.63) is 65.5 Å². The Balaban J connectivity index is 1.90. The van der Waals surface area contributed by atoms with Crippen molar-refractivity contribution >= 4 is 11.6 Å². The summed E-state index contributed by atoms with van der Waals surface area (Å²) in [4.78, 5) is 16.4. The zero-order chi connectivity index (χ0) is 14.7. The fourth-order valence-electron chi connectivity index (χ4n) is 2.51. The number of aromatic nitrogens is 1. The number of rotatable bonds is 2. The fraction of sp³-hybridized carbons (Fsp3) is 0.235. The first-order chi connectivity index (χ1) is 10.3.